The second-order valence-electron chi connectivity index (χ2n) is 17.1. The van der Waals surface area contributed by atoms with Crippen molar-refractivity contribution in [3.63, 3.8) is 0 Å². The molecule has 10 rings (SSSR count). The summed E-state index contributed by atoms with van der Waals surface area (Å²) in [7, 11) is 0. The maximum Gasteiger partial charge on any atom is 0.253 e. The zero-order valence-corrected chi connectivity index (χ0v) is 37.7. The lowest BCUT2D eigenvalue weighted by Gasteiger charge is -2.38. The van der Waals surface area contributed by atoms with Crippen LogP contribution in [-0.2, 0) is 6.54 Å². The number of β-amino-alcohol motifs (C(OH)–C–C–N with tert-alkyl or cyclic N) is 2. The van der Waals surface area contributed by atoms with Crippen molar-refractivity contribution >= 4 is 40.7 Å². The van der Waals surface area contributed by atoms with Crippen LogP contribution in [0, 0.1) is 0 Å². The Labute approximate surface area is 390 Å². The molecule has 4 unspecified atom stereocenters. The van der Waals surface area contributed by atoms with Gasteiger partial charge in [0, 0.05) is 124 Å². The topological polar surface area (TPSA) is 129 Å². The Hall–Kier alpha value is -5.51. The van der Waals surface area contributed by atoms with Gasteiger partial charge in [-0.3, -0.25) is 19.5 Å². The number of hydrogen-bond donors (Lipinski definition) is 2. The van der Waals surface area contributed by atoms with Gasteiger partial charge in [-0.15, -0.1) is 0 Å². The third-order valence-corrected chi connectivity index (χ3v) is 13.5. The van der Waals surface area contributed by atoms with Crippen molar-refractivity contribution < 1.29 is 15.0 Å². The Kier molecular flexibility index (Phi) is 14.3. The summed E-state index contributed by atoms with van der Waals surface area (Å²) in [5, 5.41) is 23.0. The molecule has 4 aliphatic heterocycles. The molecule has 65 heavy (non-hydrogen) atoms. The Bertz CT molecular complexity index is 2470. The molecule has 0 radical (unpaired) electrons. The highest BCUT2D eigenvalue weighted by molar-refractivity contribution is 6.30. The maximum absolute atomic E-state index is 12.8. The van der Waals surface area contributed by atoms with E-state index in [-0.39, 0.29) is 24.1 Å². The molecule has 1 amide bonds. The minimum Gasteiger partial charge on any atom is -0.390 e. The zero-order chi connectivity index (χ0) is 44.7. The number of hydrogen-bond acceptors (Lipinski definition) is 12. The fourth-order valence-corrected chi connectivity index (χ4v) is 9.59. The SMILES string of the molecule is O=C(c1ccc(Cl)cc1)N1CCN(C2CN(c3cc(-c4ccccc4)ncn3)CC2O)CC1.OC1CN(c2cc(-c3ccccc3)ncn2)CC1N1CCN(Cc2ccc(Cl)cc2)CC1. The van der Waals surface area contributed by atoms with E-state index < -0.39 is 6.10 Å². The average Bonchev–Trinajstić information content (AvgIpc) is 3.95. The predicted octanol–water partition coefficient (Wildman–Crippen LogP) is 5.97. The van der Waals surface area contributed by atoms with Gasteiger partial charge in [0.15, 0.2) is 0 Å². The van der Waals surface area contributed by atoms with Crippen molar-refractivity contribution in [2.75, 3.05) is 88.3 Å². The number of aromatic nitrogens is 4. The van der Waals surface area contributed by atoms with Gasteiger partial charge in [0.25, 0.3) is 5.91 Å². The lowest BCUT2D eigenvalue weighted by Crippen LogP contribution is -2.54. The van der Waals surface area contributed by atoms with E-state index >= 15 is 0 Å². The first-order valence-corrected chi connectivity index (χ1v) is 23.1. The highest BCUT2D eigenvalue weighted by Gasteiger charge is 2.39. The van der Waals surface area contributed by atoms with Crippen molar-refractivity contribution in [1.82, 2.24) is 39.5 Å². The second kappa shape index (κ2) is 20.8. The number of piperazine rings is 2. The number of carbonyl (C=O) groups is 1. The van der Waals surface area contributed by atoms with Crippen LogP contribution in [-0.4, -0.2) is 158 Å². The number of carbonyl (C=O) groups excluding carboxylic acids is 1. The van der Waals surface area contributed by atoms with Gasteiger partial charge >= 0.3 is 0 Å². The first kappa shape index (κ1) is 44.7. The lowest BCUT2D eigenvalue weighted by molar-refractivity contribution is 0.0376. The van der Waals surface area contributed by atoms with Crippen molar-refractivity contribution in [3.05, 3.63) is 155 Å². The normalized spacial score (nSPS) is 21.9. The summed E-state index contributed by atoms with van der Waals surface area (Å²) in [4.78, 5) is 43.9. The number of nitrogens with zero attached hydrogens (tertiary/aromatic N) is 10. The van der Waals surface area contributed by atoms with E-state index in [0.717, 1.165) is 91.5 Å². The first-order chi connectivity index (χ1) is 31.7. The van der Waals surface area contributed by atoms with Crippen LogP contribution in [0.5, 0.6) is 0 Å². The molecule has 0 spiro atoms. The molecule has 13 nitrogen and oxygen atoms in total. The largest absolute Gasteiger partial charge is 0.390 e. The van der Waals surface area contributed by atoms with Crippen LogP contribution in [0.3, 0.4) is 0 Å². The summed E-state index contributed by atoms with van der Waals surface area (Å²) in [6.45, 7) is 10.2. The zero-order valence-electron chi connectivity index (χ0n) is 36.2. The molecule has 4 aromatic carbocycles. The monoisotopic (exact) mass is 912 g/mol. The molecular formula is C50H54Cl2N10O3. The van der Waals surface area contributed by atoms with E-state index in [9.17, 15) is 15.0 Å². The van der Waals surface area contributed by atoms with E-state index in [0.29, 0.717) is 43.3 Å². The molecule has 4 aliphatic rings. The summed E-state index contributed by atoms with van der Waals surface area (Å²) < 4.78 is 0. The van der Waals surface area contributed by atoms with E-state index in [1.54, 1.807) is 36.9 Å². The summed E-state index contributed by atoms with van der Waals surface area (Å²) in [6, 6.07) is 39.4. The van der Waals surface area contributed by atoms with Crippen LogP contribution in [0.4, 0.5) is 11.6 Å². The van der Waals surface area contributed by atoms with Gasteiger partial charge in [-0.05, 0) is 42.0 Å². The van der Waals surface area contributed by atoms with Gasteiger partial charge in [0.2, 0.25) is 0 Å². The number of aliphatic hydroxyl groups is 2. The average molecular weight is 914 g/mol. The molecule has 0 saturated carbocycles. The smallest absolute Gasteiger partial charge is 0.253 e. The van der Waals surface area contributed by atoms with Gasteiger partial charge in [-0.2, -0.15) is 0 Å². The van der Waals surface area contributed by atoms with Gasteiger partial charge in [-0.1, -0.05) is 96.0 Å². The van der Waals surface area contributed by atoms with Gasteiger partial charge in [0.1, 0.15) is 24.3 Å². The van der Waals surface area contributed by atoms with Crippen molar-refractivity contribution in [3.8, 4) is 22.5 Å². The number of aliphatic hydroxyl groups excluding tert-OH is 2. The quantitative estimate of drug-likeness (QED) is 0.178. The van der Waals surface area contributed by atoms with Crippen LogP contribution in [0.1, 0.15) is 15.9 Å². The highest BCUT2D eigenvalue weighted by Crippen LogP contribution is 2.28. The highest BCUT2D eigenvalue weighted by atomic mass is 35.5. The summed E-state index contributed by atoms with van der Waals surface area (Å²) in [6.07, 6.45) is 2.34. The minimum absolute atomic E-state index is 0.00734. The molecule has 336 valence electrons. The van der Waals surface area contributed by atoms with Crippen LogP contribution < -0.4 is 9.80 Å². The Morgan fingerprint density at radius 1 is 0.538 bits per heavy atom. The van der Waals surface area contributed by atoms with Crippen LogP contribution >= 0.6 is 23.2 Å². The maximum atomic E-state index is 12.8. The molecule has 4 atom stereocenters. The molecular weight excluding hydrogens is 860 g/mol. The molecule has 6 aromatic rings. The standard InChI is InChI=1S/C25H26ClN5O2.C25H28ClN5O/c26-20-8-6-19(7-9-20)25(33)30-12-10-29(11-13-30)22-15-31(16-23(22)32)24-14-21(27-17-28-24)18-4-2-1-3-5-18;26-21-8-6-19(7-9-21)15-29-10-12-30(13-11-29)23-16-31(17-24(23)32)25-14-22(27-18-28-25)20-4-2-1-3-5-20/h1-9,14,17,22-23,32H,10-13,15-16H2;1-9,14,18,23-24,32H,10-13,15-17H2. The van der Waals surface area contributed by atoms with Crippen molar-refractivity contribution in [2.45, 2.75) is 30.8 Å². The Balaban J connectivity index is 0.000000164. The molecule has 6 heterocycles. The van der Waals surface area contributed by atoms with E-state index in [1.807, 2.05) is 77.7 Å². The van der Waals surface area contributed by atoms with Gasteiger partial charge < -0.3 is 24.9 Å². The fourth-order valence-electron chi connectivity index (χ4n) is 9.34. The summed E-state index contributed by atoms with van der Waals surface area (Å²) in [5.41, 5.74) is 5.83. The summed E-state index contributed by atoms with van der Waals surface area (Å²) >= 11 is 11.9. The molecule has 0 bridgehead atoms. The van der Waals surface area contributed by atoms with Gasteiger partial charge in [-0.25, -0.2) is 19.9 Å². The molecule has 4 fully saturated rings. The number of halogens is 2. The third kappa shape index (κ3) is 11.0. The molecule has 0 aliphatic carbocycles. The van der Waals surface area contributed by atoms with Crippen LogP contribution in [0.15, 0.2) is 134 Å². The molecule has 2 N–H and O–H groups in total. The molecule has 4 saturated heterocycles. The van der Waals surface area contributed by atoms with Gasteiger partial charge in [0.05, 0.1) is 35.7 Å². The van der Waals surface area contributed by atoms with Crippen molar-refractivity contribution in [1.29, 1.82) is 0 Å². The number of amides is 1. The van der Waals surface area contributed by atoms with Crippen LogP contribution in [0.2, 0.25) is 10.0 Å². The predicted molar refractivity (Wildman–Crippen MR) is 256 cm³/mol. The Morgan fingerprint density at radius 3 is 1.46 bits per heavy atom. The minimum atomic E-state index is -0.473. The number of benzene rings is 4. The van der Waals surface area contributed by atoms with Crippen molar-refractivity contribution in [2.24, 2.45) is 0 Å². The van der Waals surface area contributed by atoms with E-state index in [1.165, 1.54) is 5.56 Å². The van der Waals surface area contributed by atoms with E-state index in [4.69, 9.17) is 23.2 Å². The lowest BCUT2D eigenvalue weighted by atomic mass is 10.1. The Morgan fingerprint density at radius 2 is 0.985 bits per heavy atom. The third-order valence-electron chi connectivity index (χ3n) is 13.0. The summed E-state index contributed by atoms with van der Waals surface area (Å²) in [5.74, 6) is 1.72. The molecule has 2 aromatic heterocycles. The van der Waals surface area contributed by atoms with E-state index in [2.05, 4.69) is 68.7 Å². The number of rotatable bonds is 9. The first-order valence-electron chi connectivity index (χ1n) is 22.3. The fraction of sp³-hybridized carbons (Fsp3) is 0.340. The number of anilines is 2. The second-order valence-corrected chi connectivity index (χ2v) is 18.0. The molecule has 15 heteroatoms. The van der Waals surface area contributed by atoms with Crippen LogP contribution in [0.25, 0.3) is 22.5 Å².